The molecule has 1 rings (SSSR count). The molecule has 1 unspecified atom stereocenters. The molecule has 1 N–H and O–H groups in total. The predicted octanol–water partition coefficient (Wildman–Crippen LogP) is 0.639. The zero-order valence-electron chi connectivity index (χ0n) is 12.4. The maximum Gasteiger partial charge on any atom is 0.320 e. The van der Waals surface area contributed by atoms with Gasteiger partial charge in [0, 0.05) is 20.1 Å². The monoisotopic (exact) mass is 288 g/mol. The summed E-state index contributed by atoms with van der Waals surface area (Å²) in [6, 6.07) is -0.575. The number of nitrogens with zero attached hydrogens (tertiary/aromatic N) is 2. The molecule has 0 aliphatic carbocycles. The highest BCUT2D eigenvalue weighted by molar-refractivity contribution is 5.76. The van der Waals surface area contributed by atoms with Crippen LogP contribution in [0.3, 0.4) is 0 Å². The number of hydrogen-bond acceptors (Lipinski definition) is 4. The maximum atomic E-state index is 12.3. The van der Waals surface area contributed by atoms with Gasteiger partial charge in [-0.05, 0) is 13.8 Å². The van der Waals surface area contributed by atoms with Crippen molar-refractivity contribution in [3.8, 4) is 0 Å². The van der Waals surface area contributed by atoms with Crippen molar-refractivity contribution in [2.75, 3.05) is 40.0 Å². The van der Waals surface area contributed by atoms with Crippen LogP contribution in [-0.2, 0) is 14.3 Å². The molecule has 1 fully saturated rings. The number of aliphatic carboxylic acids is 1. The van der Waals surface area contributed by atoms with Crippen LogP contribution in [0.15, 0.2) is 0 Å². The van der Waals surface area contributed by atoms with Crippen molar-refractivity contribution in [1.29, 1.82) is 0 Å². The molecule has 116 valence electrons. The maximum absolute atomic E-state index is 12.3. The SMILES string of the molecule is CC(C)OCCN(C)C(=O)N1CCOCC1CC(=O)O. The van der Waals surface area contributed by atoms with Gasteiger partial charge < -0.3 is 24.4 Å². The standard InChI is InChI=1S/C13H24N2O5/c1-10(2)20-7-4-14(3)13(18)15-5-6-19-9-11(15)8-12(16)17/h10-11H,4-9H2,1-3H3,(H,16,17). The second-order valence-corrected chi connectivity index (χ2v) is 5.14. The summed E-state index contributed by atoms with van der Waals surface area (Å²) < 4.78 is 10.7. The van der Waals surface area contributed by atoms with Gasteiger partial charge in [0.1, 0.15) is 0 Å². The third-order valence-electron chi connectivity index (χ3n) is 3.09. The lowest BCUT2D eigenvalue weighted by molar-refractivity contribution is -0.139. The number of likely N-dealkylation sites (N-methyl/N-ethyl adjacent to an activating group) is 1. The lowest BCUT2D eigenvalue weighted by atomic mass is 10.1. The molecule has 0 aromatic carbocycles. The van der Waals surface area contributed by atoms with E-state index in [4.69, 9.17) is 14.6 Å². The van der Waals surface area contributed by atoms with Gasteiger partial charge in [-0.3, -0.25) is 4.79 Å². The fourth-order valence-corrected chi connectivity index (χ4v) is 2.02. The van der Waals surface area contributed by atoms with E-state index in [1.807, 2.05) is 13.8 Å². The number of carbonyl (C=O) groups excluding carboxylic acids is 1. The number of rotatable bonds is 6. The van der Waals surface area contributed by atoms with Gasteiger partial charge in [-0.1, -0.05) is 0 Å². The number of carbonyl (C=O) groups is 2. The molecular weight excluding hydrogens is 264 g/mol. The molecule has 0 aromatic heterocycles. The van der Waals surface area contributed by atoms with Crippen molar-refractivity contribution in [3.63, 3.8) is 0 Å². The molecule has 1 aliphatic rings. The van der Waals surface area contributed by atoms with E-state index in [9.17, 15) is 9.59 Å². The van der Waals surface area contributed by atoms with Crippen molar-refractivity contribution < 1.29 is 24.2 Å². The van der Waals surface area contributed by atoms with Crippen molar-refractivity contribution in [1.82, 2.24) is 9.80 Å². The second kappa shape index (κ2) is 8.06. The zero-order chi connectivity index (χ0) is 15.1. The number of morpholine rings is 1. The molecule has 7 heteroatoms. The highest BCUT2D eigenvalue weighted by Gasteiger charge is 2.30. The number of urea groups is 1. The first-order chi connectivity index (χ1) is 9.41. The Kier molecular flexibility index (Phi) is 6.74. The van der Waals surface area contributed by atoms with E-state index < -0.39 is 12.0 Å². The van der Waals surface area contributed by atoms with Gasteiger partial charge in [-0.2, -0.15) is 0 Å². The van der Waals surface area contributed by atoms with Crippen LogP contribution in [-0.4, -0.2) is 79.0 Å². The largest absolute Gasteiger partial charge is 0.481 e. The molecule has 0 aromatic rings. The minimum atomic E-state index is -0.927. The van der Waals surface area contributed by atoms with E-state index in [1.54, 1.807) is 16.8 Å². The zero-order valence-corrected chi connectivity index (χ0v) is 12.4. The third kappa shape index (κ3) is 5.34. The molecule has 1 heterocycles. The molecule has 7 nitrogen and oxygen atoms in total. The normalized spacial score (nSPS) is 19.2. The van der Waals surface area contributed by atoms with Crippen LogP contribution < -0.4 is 0 Å². The van der Waals surface area contributed by atoms with Crippen LogP contribution in [0.5, 0.6) is 0 Å². The van der Waals surface area contributed by atoms with Gasteiger partial charge in [0.25, 0.3) is 0 Å². The molecule has 1 saturated heterocycles. The summed E-state index contributed by atoms with van der Waals surface area (Å²) in [6.07, 6.45) is 0.0314. The van der Waals surface area contributed by atoms with Crippen molar-refractivity contribution in [2.45, 2.75) is 32.4 Å². The smallest absolute Gasteiger partial charge is 0.320 e. The van der Waals surface area contributed by atoms with Crippen LogP contribution in [0, 0.1) is 0 Å². The summed E-state index contributed by atoms with van der Waals surface area (Å²) in [7, 11) is 1.69. The average molecular weight is 288 g/mol. The number of hydrogen-bond donors (Lipinski definition) is 1. The topological polar surface area (TPSA) is 79.3 Å². The number of carboxylic acids is 1. The molecule has 0 saturated carbocycles. The molecule has 0 radical (unpaired) electrons. The Balaban J connectivity index is 2.51. The Bertz CT molecular complexity index is 335. The van der Waals surface area contributed by atoms with Crippen molar-refractivity contribution in [2.24, 2.45) is 0 Å². The van der Waals surface area contributed by atoms with E-state index in [-0.39, 0.29) is 25.2 Å². The third-order valence-corrected chi connectivity index (χ3v) is 3.09. The van der Waals surface area contributed by atoms with Crippen LogP contribution >= 0.6 is 0 Å². The summed E-state index contributed by atoms with van der Waals surface area (Å²) in [5.74, 6) is -0.927. The Hall–Kier alpha value is -1.34. The fraction of sp³-hybridized carbons (Fsp3) is 0.846. The highest BCUT2D eigenvalue weighted by atomic mass is 16.5. The summed E-state index contributed by atoms with van der Waals surface area (Å²) >= 11 is 0. The Morgan fingerprint density at radius 2 is 2.20 bits per heavy atom. The van der Waals surface area contributed by atoms with Gasteiger partial charge in [0.05, 0.1) is 38.4 Å². The summed E-state index contributed by atoms with van der Waals surface area (Å²) in [4.78, 5) is 26.3. The Labute approximate surface area is 119 Å². The van der Waals surface area contributed by atoms with E-state index >= 15 is 0 Å². The molecular formula is C13H24N2O5. The average Bonchev–Trinajstić information content (AvgIpc) is 2.37. The quantitative estimate of drug-likeness (QED) is 0.776. The van der Waals surface area contributed by atoms with E-state index in [2.05, 4.69) is 0 Å². The minimum absolute atomic E-state index is 0.0952. The Morgan fingerprint density at radius 1 is 1.50 bits per heavy atom. The summed E-state index contributed by atoms with van der Waals surface area (Å²) in [6.45, 7) is 5.96. The van der Waals surface area contributed by atoms with Crippen LogP contribution in [0.1, 0.15) is 20.3 Å². The minimum Gasteiger partial charge on any atom is -0.481 e. The van der Waals surface area contributed by atoms with E-state index in [0.29, 0.717) is 26.3 Å². The Morgan fingerprint density at radius 3 is 2.80 bits per heavy atom. The predicted molar refractivity (Wildman–Crippen MR) is 72.7 cm³/mol. The second-order valence-electron chi connectivity index (χ2n) is 5.14. The molecule has 0 bridgehead atoms. The molecule has 2 amide bonds. The highest BCUT2D eigenvalue weighted by Crippen LogP contribution is 2.13. The molecule has 20 heavy (non-hydrogen) atoms. The molecule has 1 aliphatic heterocycles. The van der Waals surface area contributed by atoms with E-state index in [0.717, 1.165) is 0 Å². The van der Waals surface area contributed by atoms with Crippen molar-refractivity contribution in [3.05, 3.63) is 0 Å². The summed E-state index contributed by atoms with van der Waals surface area (Å²) in [5, 5.41) is 8.88. The summed E-state index contributed by atoms with van der Waals surface area (Å²) in [5.41, 5.74) is 0. The first-order valence-electron chi connectivity index (χ1n) is 6.84. The first-order valence-corrected chi connectivity index (χ1v) is 6.84. The molecule has 0 spiro atoms. The van der Waals surface area contributed by atoms with E-state index in [1.165, 1.54) is 0 Å². The van der Waals surface area contributed by atoms with Gasteiger partial charge in [-0.15, -0.1) is 0 Å². The number of amides is 2. The van der Waals surface area contributed by atoms with Crippen LogP contribution in [0.2, 0.25) is 0 Å². The van der Waals surface area contributed by atoms with Gasteiger partial charge in [-0.25, -0.2) is 4.79 Å². The van der Waals surface area contributed by atoms with Crippen molar-refractivity contribution >= 4 is 12.0 Å². The van der Waals surface area contributed by atoms with Crippen LogP contribution in [0.4, 0.5) is 4.79 Å². The molecule has 1 atom stereocenters. The lowest BCUT2D eigenvalue weighted by Gasteiger charge is -2.37. The first kappa shape index (κ1) is 16.7. The van der Waals surface area contributed by atoms with Crippen LogP contribution in [0.25, 0.3) is 0 Å². The van der Waals surface area contributed by atoms with Gasteiger partial charge >= 0.3 is 12.0 Å². The van der Waals surface area contributed by atoms with Gasteiger partial charge in [0.2, 0.25) is 0 Å². The fourth-order valence-electron chi connectivity index (χ4n) is 2.02. The van der Waals surface area contributed by atoms with Gasteiger partial charge in [0.15, 0.2) is 0 Å². The number of carboxylic acid groups (broad SMARTS) is 1. The number of ether oxygens (including phenoxy) is 2. The lowest BCUT2D eigenvalue weighted by Crippen LogP contribution is -2.53.